The molecule has 2 aromatic rings. The van der Waals surface area contributed by atoms with Gasteiger partial charge in [-0.15, -0.1) is 0 Å². The molecule has 0 amide bonds. The van der Waals surface area contributed by atoms with E-state index in [0.29, 0.717) is 10.9 Å². The van der Waals surface area contributed by atoms with E-state index in [0.717, 1.165) is 12.8 Å². The number of aryl methyl sites for hydroxylation is 1. The lowest BCUT2D eigenvalue weighted by molar-refractivity contribution is -0.384. The van der Waals surface area contributed by atoms with E-state index in [1.54, 1.807) is 13.1 Å². The highest BCUT2D eigenvalue weighted by molar-refractivity contribution is 5.89. The van der Waals surface area contributed by atoms with Crippen LogP contribution in [0.25, 0.3) is 10.9 Å². The number of rotatable bonds is 8. The summed E-state index contributed by atoms with van der Waals surface area (Å²) in [6, 6.07) is 4.31. The molecule has 0 spiro atoms. The van der Waals surface area contributed by atoms with E-state index in [1.807, 2.05) is 13.0 Å². The molecule has 0 atom stereocenters. The summed E-state index contributed by atoms with van der Waals surface area (Å²) in [6.07, 6.45) is 6.01. The highest BCUT2D eigenvalue weighted by Gasteiger charge is 2.19. The lowest BCUT2D eigenvalue weighted by Crippen LogP contribution is -2.21. The number of nitro groups is 1. The molecule has 0 bridgehead atoms. The molecule has 0 aliphatic rings. The van der Waals surface area contributed by atoms with Crippen LogP contribution in [0.2, 0.25) is 0 Å². The highest BCUT2D eigenvalue weighted by atomic mass is 16.6. The third kappa shape index (κ3) is 4.79. The molecule has 0 aliphatic heterocycles. The fourth-order valence-corrected chi connectivity index (χ4v) is 2.87. The third-order valence-electron chi connectivity index (χ3n) is 4.46. The fourth-order valence-electron chi connectivity index (χ4n) is 2.87. The Balaban J connectivity index is 2.33. The van der Waals surface area contributed by atoms with E-state index < -0.39 is 10.5 Å². The van der Waals surface area contributed by atoms with Gasteiger partial charge in [-0.3, -0.25) is 14.9 Å². The molecule has 0 fully saturated rings. The van der Waals surface area contributed by atoms with Crippen molar-refractivity contribution in [3.05, 3.63) is 62.0 Å². The first-order valence-corrected chi connectivity index (χ1v) is 9.03. The molecule has 28 heavy (non-hydrogen) atoms. The van der Waals surface area contributed by atoms with Gasteiger partial charge in [-0.1, -0.05) is 17.2 Å². The number of methoxy groups -OCH3 is 1. The Bertz CT molecular complexity index is 998. The van der Waals surface area contributed by atoms with Crippen molar-refractivity contribution in [3.8, 4) is 11.5 Å². The van der Waals surface area contributed by atoms with Gasteiger partial charge in [-0.05, 0) is 45.8 Å². The molecular weight excluding hydrogens is 360 g/mol. The number of benzene rings is 1. The summed E-state index contributed by atoms with van der Waals surface area (Å²) in [4.78, 5) is 23.3. The van der Waals surface area contributed by atoms with Gasteiger partial charge in [-0.2, -0.15) is 0 Å². The zero-order valence-electron chi connectivity index (χ0n) is 16.9. The Labute approximate surface area is 164 Å². The van der Waals surface area contributed by atoms with E-state index in [-0.39, 0.29) is 23.8 Å². The average molecular weight is 386 g/mol. The van der Waals surface area contributed by atoms with Crippen molar-refractivity contribution in [2.24, 2.45) is 7.05 Å². The predicted octanol–water partition coefficient (Wildman–Crippen LogP) is 4.53. The number of hydrogen-bond acceptors (Lipinski definition) is 5. The minimum absolute atomic E-state index is 0.0897. The molecule has 0 saturated heterocycles. The Morgan fingerprint density at radius 2 is 1.93 bits per heavy atom. The Hall–Kier alpha value is -3.09. The van der Waals surface area contributed by atoms with Crippen molar-refractivity contribution in [2.75, 3.05) is 13.7 Å². The molecular formula is C21H26N2O5. The van der Waals surface area contributed by atoms with E-state index in [4.69, 9.17) is 9.47 Å². The first-order chi connectivity index (χ1) is 13.3. The van der Waals surface area contributed by atoms with Gasteiger partial charge in [0.1, 0.15) is 6.61 Å². The van der Waals surface area contributed by atoms with Crippen LogP contribution in [-0.4, -0.2) is 23.2 Å². The SMILES string of the molecule is COc1c(OCC=C(C)CCC=C(C)C)c(=O)n(C)c2cc([N+](=O)[O-])ccc12. The summed E-state index contributed by atoms with van der Waals surface area (Å²) in [7, 11) is 3.00. The summed E-state index contributed by atoms with van der Waals surface area (Å²) in [5, 5.41) is 11.6. The Kier molecular flexibility index (Phi) is 6.98. The quantitative estimate of drug-likeness (QED) is 0.378. The largest absolute Gasteiger partial charge is 0.492 e. The van der Waals surface area contributed by atoms with Gasteiger partial charge in [0, 0.05) is 24.6 Å². The molecule has 0 N–H and O–H groups in total. The molecule has 0 radical (unpaired) electrons. The molecule has 0 saturated carbocycles. The van der Waals surface area contributed by atoms with Gasteiger partial charge in [-0.25, -0.2) is 0 Å². The molecule has 1 aromatic heterocycles. The normalized spacial score (nSPS) is 11.4. The van der Waals surface area contributed by atoms with Gasteiger partial charge < -0.3 is 14.0 Å². The summed E-state index contributed by atoms with van der Waals surface area (Å²) >= 11 is 0. The highest BCUT2D eigenvalue weighted by Crippen LogP contribution is 2.34. The number of nitrogens with zero attached hydrogens (tertiary/aromatic N) is 2. The van der Waals surface area contributed by atoms with Crippen LogP contribution in [0.4, 0.5) is 5.69 Å². The van der Waals surface area contributed by atoms with Crippen LogP contribution in [0.5, 0.6) is 11.5 Å². The first-order valence-electron chi connectivity index (χ1n) is 9.03. The van der Waals surface area contributed by atoms with Crippen molar-refractivity contribution in [3.63, 3.8) is 0 Å². The van der Waals surface area contributed by atoms with Crippen LogP contribution in [0.15, 0.2) is 46.3 Å². The lowest BCUT2D eigenvalue weighted by atomic mass is 10.1. The summed E-state index contributed by atoms with van der Waals surface area (Å²) < 4.78 is 12.5. The van der Waals surface area contributed by atoms with Crippen LogP contribution in [0, 0.1) is 10.1 Å². The average Bonchev–Trinajstić information content (AvgIpc) is 2.65. The number of hydrogen-bond donors (Lipinski definition) is 0. The van der Waals surface area contributed by atoms with Crippen LogP contribution in [0.1, 0.15) is 33.6 Å². The van der Waals surface area contributed by atoms with Crippen LogP contribution >= 0.6 is 0 Å². The maximum absolute atomic E-state index is 12.7. The van der Waals surface area contributed by atoms with Gasteiger partial charge in [0.25, 0.3) is 11.2 Å². The maximum Gasteiger partial charge on any atom is 0.297 e. The minimum Gasteiger partial charge on any atom is -0.492 e. The van der Waals surface area contributed by atoms with E-state index in [2.05, 4.69) is 19.9 Å². The molecule has 1 aromatic carbocycles. The third-order valence-corrected chi connectivity index (χ3v) is 4.46. The minimum atomic E-state index is -0.496. The predicted molar refractivity (Wildman–Crippen MR) is 110 cm³/mol. The maximum atomic E-state index is 12.7. The zero-order valence-corrected chi connectivity index (χ0v) is 16.9. The van der Waals surface area contributed by atoms with E-state index in [9.17, 15) is 14.9 Å². The van der Waals surface area contributed by atoms with Crippen molar-refractivity contribution in [2.45, 2.75) is 33.6 Å². The number of pyridine rings is 1. The molecule has 0 unspecified atom stereocenters. The first kappa shape index (κ1) is 21.2. The number of nitro benzene ring substituents is 1. The van der Waals surface area contributed by atoms with Gasteiger partial charge in [0.05, 0.1) is 17.5 Å². The van der Waals surface area contributed by atoms with Crippen molar-refractivity contribution < 1.29 is 14.4 Å². The Morgan fingerprint density at radius 1 is 1.21 bits per heavy atom. The van der Waals surface area contributed by atoms with Crippen molar-refractivity contribution in [1.82, 2.24) is 4.57 Å². The topological polar surface area (TPSA) is 83.6 Å². The van der Waals surface area contributed by atoms with E-state index in [1.165, 1.54) is 35.0 Å². The van der Waals surface area contributed by atoms with Crippen LogP contribution < -0.4 is 15.0 Å². The molecule has 2 rings (SSSR count). The van der Waals surface area contributed by atoms with Gasteiger partial charge in [0.2, 0.25) is 5.75 Å². The number of aromatic nitrogens is 1. The van der Waals surface area contributed by atoms with Crippen LogP contribution in [-0.2, 0) is 7.05 Å². The summed E-state index contributed by atoms with van der Waals surface area (Å²) in [5.74, 6) is 0.378. The molecule has 7 nitrogen and oxygen atoms in total. The number of allylic oxidation sites excluding steroid dienone is 3. The van der Waals surface area contributed by atoms with Crippen molar-refractivity contribution >= 4 is 16.6 Å². The fraction of sp³-hybridized carbons (Fsp3) is 0.381. The van der Waals surface area contributed by atoms with Crippen LogP contribution in [0.3, 0.4) is 0 Å². The smallest absolute Gasteiger partial charge is 0.297 e. The summed E-state index contributed by atoms with van der Waals surface area (Å²) in [5.41, 5.74) is 2.38. The second-order valence-electron chi connectivity index (χ2n) is 6.87. The molecule has 0 aliphatic carbocycles. The molecule has 1 heterocycles. The monoisotopic (exact) mass is 386 g/mol. The summed E-state index contributed by atoms with van der Waals surface area (Å²) in [6.45, 7) is 6.40. The number of non-ortho nitro benzene ring substituents is 1. The number of fused-ring (bicyclic) bond motifs is 1. The van der Waals surface area contributed by atoms with Gasteiger partial charge in [0.15, 0.2) is 5.75 Å². The molecule has 150 valence electrons. The number of ether oxygens (including phenoxy) is 2. The lowest BCUT2D eigenvalue weighted by Gasteiger charge is -2.14. The van der Waals surface area contributed by atoms with Gasteiger partial charge >= 0.3 is 0 Å². The van der Waals surface area contributed by atoms with Crippen molar-refractivity contribution in [1.29, 1.82) is 0 Å². The molecule has 7 heteroatoms. The second-order valence-corrected chi connectivity index (χ2v) is 6.87. The van der Waals surface area contributed by atoms with E-state index >= 15 is 0 Å². The second kappa shape index (κ2) is 9.21. The zero-order chi connectivity index (χ0) is 20.8. The standard InChI is InChI=1S/C21H26N2O5/c1-14(2)7-6-8-15(3)11-12-28-20-19(27-5)17-10-9-16(23(25)26)13-18(17)22(4)21(20)24/h7,9-11,13H,6,8,12H2,1-5H3. The Morgan fingerprint density at radius 3 is 2.54 bits per heavy atom.